The molecule has 1 fully saturated rings. The Labute approximate surface area is 87.5 Å². The van der Waals surface area contributed by atoms with Crippen molar-refractivity contribution >= 4 is 10.9 Å². The molecule has 0 bridgehead atoms. The highest BCUT2D eigenvalue weighted by Crippen LogP contribution is 2.29. The predicted octanol–water partition coefficient (Wildman–Crippen LogP) is 2.38. The fourth-order valence-corrected chi connectivity index (χ4v) is 2.38. The Bertz CT molecular complexity index is 483. The molecule has 1 saturated heterocycles. The number of nitrogens with one attached hydrogen (secondary N) is 2. The largest absolute Gasteiger partial charge is 0.361 e. The van der Waals surface area contributed by atoms with Crippen LogP contribution in [-0.4, -0.2) is 18.1 Å². The maximum atomic E-state index is 13.0. The van der Waals surface area contributed by atoms with Gasteiger partial charge in [-0.05, 0) is 42.6 Å². The van der Waals surface area contributed by atoms with E-state index in [1.54, 1.807) is 6.07 Å². The van der Waals surface area contributed by atoms with Gasteiger partial charge >= 0.3 is 0 Å². The quantitative estimate of drug-likeness (QED) is 0.733. The lowest BCUT2D eigenvalue weighted by Crippen LogP contribution is -2.07. The first-order chi connectivity index (χ1) is 7.34. The number of hydrogen-bond acceptors (Lipinski definition) is 1. The van der Waals surface area contributed by atoms with Crippen molar-refractivity contribution in [3.05, 3.63) is 35.8 Å². The van der Waals surface area contributed by atoms with E-state index in [1.165, 1.54) is 18.1 Å². The summed E-state index contributed by atoms with van der Waals surface area (Å²) < 4.78 is 13.0. The monoisotopic (exact) mass is 204 g/mol. The average Bonchev–Trinajstić information content (AvgIpc) is 2.82. The maximum absolute atomic E-state index is 13.0. The van der Waals surface area contributed by atoms with Crippen molar-refractivity contribution in [1.29, 1.82) is 0 Å². The molecule has 2 aromatic rings. The number of H-pyrrole nitrogens is 1. The number of aromatic nitrogens is 1. The van der Waals surface area contributed by atoms with E-state index < -0.39 is 0 Å². The summed E-state index contributed by atoms with van der Waals surface area (Å²) in [7, 11) is 0. The minimum Gasteiger partial charge on any atom is -0.361 e. The number of rotatable bonds is 1. The molecular formula is C12H13FN2. The van der Waals surface area contributed by atoms with Gasteiger partial charge in [-0.15, -0.1) is 0 Å². The van der Waals surface area contributed by atoms with Gasteiger partial charge in [-0.3, -0.25) is 0 Å². The van der Waals surface area contributed by atoms with Crippen molar-refractivity contribution in [3.8, 4) is 0 Å². The van der Waals surface area contributed by atoms with Crippen LogP contribution in [-0.2, 0) is 0 Å². The van der Waals surface area contributed by atoms with Crippen LogP contribution < -0.4 is 5.32 Å². The van der Waals surface area contributed by atoms with Crippen LogP contribution in [0.1, 0.15) is 17.9 Å². The normalized spacial score (nSPS) is 21.3. The Kier molecular flexibility index (Phi) is 1.99. The summed E-state index contributed by atoms with van der Waals surface area (Å²) in [6, 6.07) is 4.96. The van der Waals surface area contributed by atoms with Gasteiger partial charge in [-0.1, -0.05) is 0 Å². The molecule has 1 atom stereocenters. The molecule has 1 aromatic heterocycles. The Morgan fingerprint density at radius 2 is 2.27 bits per heavy atom. The van der Waals surface area contributed by atoms with Crippen molar-refractivity contribution in [2.24, 2.45) is 0 Å². The van der Waals surface area contributed by atoms with Gasteiger partial charge in [0.05, 0.1) is 0 Å². The minimum atomic E-state index is -0.180. The van der Waals surface area contributed by atoms with E-state index >= 15 is 0 Å². The second kappa shape index (κ2) is 3.35. The van der Waals surface area contributed by atoms with Crippen molar-refractivity contribution in [2.45, 2.75) is 12.3 Å². The minimum absolute atomic E-state index is 0.180. The van der Waals surface area contributed by atoms with Gasteiger partial charge in [0.2, 0.25) is 0 Å². The van der Waals surface area contributed by atoms with Crippen LogP contribution in [0.3, 0.4) is 0 Å². The molecule has 15 heavy (non-hydrogen) atoms. The van der Waals surface area contributed by atoms with E-state index in [2.05, 4.69) is 10.3 Å². The summed E-state index contributed by atoms with van der Waals surface area (Å²) >= 11 is 0. The van der Waals surface area contributed by atoms with E-state index in [9.17, 15) is 4.39 Å². The summed E-state index contributed by atoms with van der Waals surface area (Å²) in [5, 5.41) is 4.51. The molecule has 3 heteroatoms. The highest BCUT2D eigenvalue weighted by Gasteiger charge is 2.19. The zero-order chi connectivity index (χ0) is 10.3. The SMILES string of the molecule is Fc1ccc2c(C3CCNC3)c[nH]c2c1. The molecule has 0 spiro atoms. The van der Waals surface area contributed by atoms with Gasteiger partial charge in [0.15, 0.2) is 0 Å². The van der Waals surface area contributed by atoms with Gasteiger partial charge in [0.25, 0.3) is 0 Å². The van der Waals surface area contributed by atoms with E-state index in [0.717, 1.165) is 24.0 Å². The van der Waals surface area contributed by atoms with Gasteiger partial charge in [0.1, 0.15) is 5.82 Å². The molecule has 1 unspecified atom stereocenters. The molecule has 1 aliphatic rings. The summed E-state index contributed by atoms with van der Waals surface area (Å²) in [6.07, 6.45) is 3.19. The van der Waals surface area contributed by atoms with Crippen molar-refractivity contribution < 1.29 is 4.39 Å². The van der Waals surface area contributed by atoms with E-state index in [4.69, 9.17) is 0 Å². The number of halogens is 1. The van der Waals surface area contributed by atoms with E-state index in [0.29, 0.717) is 5.92 Å². The molecule has 3 rings (SSSR count). The van der Waals surface area contributed by atoms with Crippen LogP contribution in [0.2, 0.25) is 0 Å². The molecule has 2 heterocycles. The lowest BCUT2D eigenvalue weighted by atomic mass is 9.98. The highest BCUT2D eigenvalue weighted by atomic mass is 19.1. The zero-order valence-corrected chi connectivity index (χ0v) is 8.39. The van der Waals surface area contributed by atoms with E-state index in [-0.39, 0.29) is 5.82 Å². The van der Waals surface area contributed by atoms with E-state index in [1.807, 2.05) is 12.3 Å². The average molecular weight is 204 g/mol. The first-order valence-electron chi connectivity index (χ1n) is 5.32. The van der Waals surface area contributed by atoms with Crippen LogP contribution in [0.4, 0.5) is 4.39 Å². The fraction of sp³-hybridized carbons (Fsp3) is 0.333. The fourth-order valence-electron chi connectivity index (χ4n) is 2.38. The van der Waals surface area contributed by atoms with Gasteiger partial charge in [0, 0.05) is 23.6 Å². The molecular weight excluding hydrogens is 191 g/mol. The Morgan fingerprint density at radius 1 is 1.33 bits per heavy atom. The van der Waals surface area contributed by atoms with Crippen LogP contribution in [0.25, 0.3) is 10.9 Å². The van der Waals surface area contributed by atoms with Gasteiger partial charge < -0.3 is 10.3 Å². The van der Waals surface area contributed by atoms with Crippen molar-refractivity contribution in [3.63, 3.8) is 0 Å². The van der Waals surface area contributed by atoms with Crippen LogP contribution in [0.15, 0.2) is 24.4 Å². The first kappa shape index (κ1) is 8.92. The second-order valence-electron chi connectivity index (χ2n) is 4.12. The smallest absolute Gasteiger partial charge is 0.125 e. The van der Waals surface area contributed by atoms with Crippen LogP contribution in [0.5, 0.6) is 0 Å². The number of benzene rings is 1. The standard InChI is InChI=1S/C12H13FN2/c13-9-1-2-10-11(7-15-12(10)5-9)8-3-4-14-6-8/h1-2,5,7-8,14-15H,3-4,6H2. The molecule has 78 valence electrons. The number of fused-ring (bicyclic) bond motifs is 1. The highest BCUT2D eigenvalue weighted by molar-refractivity contribution is 5.83. The Hall–Kier alpha value is -1.35. The maximum Gasteiger partial charge on any atom is 0.125 e. The number of hydrogen-bond donors (Lipinski definition) is 2. The van der Waals surface area contributed by atoms with Crippen LogP contribution in [0, 0.1) is 5.82 Å². The molecule has 1 aromatic carbocycles. The third-order valence-corrected chi connectivity index (χ3v) is 3.18. The predicted molar refractivity (Wildman–Crippen MR) is 58.5 cm³/mol. The molecule has 0 radical (unpaired) electrons. The van der Waals surface area contributed by atoms with Gasteiger partial charge in [-0.25, -0.2) is 4.39 Å². The van der Waals surface area contributed by atoms with Crippen LogP contribution >= 0.6 is 0 Å². The molecule has 0 saturated carbocycles. The molecule has 0 aliphatic carbocycles. The summed E-state index contributed by atoms with van der Waals surface area (Å²) in [5.41, 5.74) is 2.21. The first-order valence-corrected chi connectivity index (χ1v) is 5.32. The molecule has 2 nitrogen and oxygen atoms in total. The van der Waals surface area contributed by atoms with Crippen molar-refractivity contribution in [1.82, 2.24) is 10.3 Å². The lowest BCUT2D eigenvalue weighted by molar-refractivity contribution is 0.629. The molecule has 1 aliphatic heterocycles. The number of aromatic amines is 1. The summed E-state index contributed by atoms with van der Waals surface area (Å²) in [4.78, 5) is 3.14. The van der Waals surface area contributed by atoms with Crippen molar-refractivity contribution in [2.75, 3.05) is 13.1 Å². The zero-order valence-electron chi connectivity index (χ0n) is 8.39. The third kappa shape index (κ3) is 1.43. The van der Waals surface area contributed by atoms with Gasteiger partial charge in [-0.2, -0.15) is 0 Å². The summed E-state index contributed by atoms with van der Waals surface area (Å²) in [6.45, 7) is 2.11. The molecule has 0 amide bonds. The molecule has 2 N–H and O–H groups in total. The Balaban J connectivity index is 2.11. The third-order valence-electron chi connectivity index (χ3n) is 3.18. The Morgan fingerprint density at radius 3 is 3.07 bits per heavy atom. The lowest BCUT2D eigenvalue weighted by Gasteiger charge is -2.05. The topological polar surface area (TPSA) is 27.8 Å². The summed E-state index contributed by atoms with van der Waals surface area (Å²) in [5.74, 6) is 0.393. The second-order valence-corrected chi connectivity index (χ2v) is 4.12.